The lowest BCUT2D eigenvalue weighted by Crippen LogP contribution is -2.33. The molecule has 0 spiro atoms. The van der Waals surface area contributed by atoms with Gasteiger partial charge >= 0.3 is 0 Å². The van der Waals surface area contributed by atoms with Gasteiger partial charge in [0.25, 0.3) is 5.91 Å². The van der Waals surface area contributed by atoms with Crippen LogP contribution in [0.4, 0.5) is 15.8 Å². The van der Waals surface area contributed by atoms with Crippen LogP contribution in [0.3, 0.4) is 0 Å². The van der Waals surface area contributed by atoms with Crippen LogP contribution in [-0.2, 0) is 4.79 Å². The van der Waals surface area contributed by atoms with Crippen molar-refractivity contribution >= 4 is 23.2 Å². The van der Waals surface area contributed by atoms with Gasteiger partial charge in [0.1, 0.15) is 11.6 Å². The van der Waals surface area contributed by atoms with Gasteiger partial charge in [0.2, 0.25) is 5.91 Å². The Balaban J connectivity index is 1.42. The molecule has 2 N–H and O–H groups in total. The largest absolute Gasteiger partial charge is 0.325 e. The van der Waals surface area contributed by atoms with Gasteiger partial charge in [0.05, 0.1) is 23.8 Å². The minimum Gasteiger partial charge on any atom is -0.325 e. The zero-order valence-electron chi connectivity index (χ0n) is 17.7. The van der Waals surface area contributed by atoms with Crippen molar-refractivity contribution in [1.29, 1.82) is 0 Å². The van der Waals surface area contributed by atoms with Crippen LogP contribution in [0, 0.1) is 12.7 Å². The van der Waals surface area contributed by atoms with Crippen molar-refractivity contribution in [2.75, 3.05) is 23.7 Å². The fraction of sp³-hybridized carbons (Fsp3) is 0.250. The fourth-order valence-corrected chi connectivity index (χ4v) is 3.81. The highest BCUT2D eigenvalue weighted by Crippen LogP contribution is 2.30. The van der Waals surface area contributed by atoms with E-state index in [-0.39, 0.29) is 30.2 Å². The highest BCUT2D eigenvalue weighted by molar-refractivity contribution is 6.04. The number of para-hydroxylation sites is 1. The van der Waals surface area contributed by atoms with Gasteiger partial charge in [-0.15, -0.1) is 0 Å². The second-order valence-electron chi connectivity index (χ2n) is 7.73. The summed E-state index contributed by atoms with van der Waals surface area (Å²) in [5, 5.41) is 5.63. The predicted molar refractivity (Wildman–Crippen MR) is 120 cm³/mol. The van der Waals surface area contributed by atoms with Crippen molar-refractivity contribution in [2.24, 2.45) is 0 Å². The number of nitrogens with one attached hydrogen (secondary N) is 2. The first-order valence-corrected chi connectivity index (χ1v) is 10.5. The number of carbonyl (C=O) groups is 2. The summed E-state index contributed by atoms with van der Waals surface area (Å²) in [4.78, 5) is 36.1. The third-order valence-electron chi connectivity index (χ3n) is 5.41. The Kier molecular flexibility index (Phi) is 6.51. The Bertz CT molecular complexity index is 1110. The fourth-order valence-electron chi connectivity index (χ4n) is 3.81. The summed E-state index contributed by atoms with van der Waals surface area (Å²) in [6, 6.07) is 14.8. The number of benzene rings is 2. The number of aromatic nitrogens is 2. The number of hydrogen-bond donors (Lipinski definition) is 2. The lowest BCUT2D eigenvalue weighted by molar-refractivity contribution is -0.117. The molecule has 7 nitrogen and oxygen atoms in total. The molecular formula is C24H24FN5O2. The van der Waals surface area contributed by atoms with Crippen LogP contribution in [0.2, 0.25) is 0 Å². The summed E-state index contributed by atoms with van der Waals surface area (Å²) in [5.41, 5.74) is 2.25. The van der Waals surface area contributed by atoms with Crippen LogP contribution >= 0.6 is 0 Å². The van der Waals surface area contributed by atoms with Crippen molar-refractivity contribution in [1.82, 2.24) is 14.9 Å². The van der Waals surface area contributed by atoms with E-state index in [1.807, 2.05) is 35.2 Å². The summed E-state index contributed by atoms with van der Waals surface area (Å²) in [6.07, 6.45) is 3.30. The van der Waals surface area contributed by atoms with E-state index in [4.69, 9.17) is 0 Å². The Morgan fingerprint density at radius 1 is 1.06 bits per heavy atom. The molecule has 0 aliphatic carbocycles. The number of likely N-dealkylation sites (tertiary alicyclic amines) is 1. The zero-order chi connectivity index (χ0) is 22.5. The molecular weight excluding hydrogens is 409 g/mol. The first-order valence-electron chi connectivity index (χ1n) is 10.5. The van der Waals surface area contributed by atoms with Crippen molar-refractivity contribution in [3.05, 3.63) is 83.7 Å². The molecule has 8 heteroatoms. The van der Waals surface area contributed by atoms with Crippen LogP contribution in [0.25, 0.3) is 0 Å². The average molecular weight is 433 g/mol. The van der Waals surface area contributed by atoms with Crippen molar-refractivity contribution < 1.29 is 14.0 Å². The number of rotatable bonds is 6. The molecule has 1 aliphatic rings. The third-order valence-corrected chi connectivity index (χ3v) is 5.41. The van der Waals surface area contributed by atoms with Crippen LogP contribution in [0.15, 0.2) is 60.8 Å². The van der Waals surface area contributed by atoms with E-state index in [2.05, 4.69) is 20.6 Å². The van der Waals surface area contributed by atoms with E-state index < -0.39 is 0 Å². The highest BCUT2D eigenvalue weighted by Gasteiger charge is 2.30. The molecule has 0 radical (unpaired) electrons. The molecule has 0 saturated carbocycles. The normalized spacial score (nSPS) is 16.0. The number of hydrogen-bond acceptors (Lipinski definition) is 5. The first-order chi connectivity index (χ1) is 15.5. The van der Waals surface area contributed by atoms with Crippen molar-refractivity contribution in [2.45, 2.75) is 25.8 Å². The SMILES string of the molecule is Cc1nc([C@H]2CCCN2CC(=O)Nc2ccc(F)cc2)ncc1C(=O)Nc1ccccc1. The smallest absolute Gasteiger partial charge is 0.259 e. The Morgan fingerprint density at radius 2 is 1.78 bits per heavy atom. The van der Waals surface area contributed by atoms with Crippen LogP contribution in [0.5, 0.6) is 0 Å². The molecule has 1 atom stereocenters. The molecule has 2 heterocycles. The first kappa shape index (κ1) is 21.6. The molecule has 1 saturated heterocycles. The quantitative estimate of drug-likeness (QED) is 0.615. The molecule has 0 bridgehead atoms. The van der Waals surface area contributed by atoms with Crippen LogP contribution in [0.1, 0.15) is 40.8 Å². The van der Waals surface area contributed by atoms with Gasteiger partial charge in [0, 0.05) is 17.6 Å². The number of anilines is 2. The van der Waals surface area contributed by atoms with E-state index in [9.17, 15) is 14.0 Å². The standard InChI is InChI=1S/C24H24FN5O2/c1-16-20(24(32)29-18-6-3-2-4-7-18)14-26-23(27-16)21-8-5-13-30(21)15-22(31)28-19-11-9-17(25)10-12-19/h2-4,6-7,9-12,14,21H,5,8,13,15H2,1H3,(H,28,31)(H,29,32)/t21-/m1/s1. The lowest BCUT2D eigenvalue weighted by Gasteiger charge is -2.23. The zero-order valence-corrected chi connectivity index (χ0v) is 17.7. The van der Waals surface area contributed by atoms with Gasteiger partial charge in [-0.05, 0) is 62.7 Å². The molecule has 32 heavy (non-hydrogen) atoms. The second-order valence-corrected chi connectivity index (χ2v) is 7.73. The maximum Gasteiger partial charge on any atom is 0.259 e. The van der Waals surface area contributed by atoms with Gasteiger partial charge in [-0.25, -0.2) is 14.4 Å². The summed E-state index contributed by atoms with van der Waals surface area (Å²) in [7, 11) is 0. The highest BCUT2D eigenvalue weighted by atomic mass is 19.1. The average Bonchev–Trinajstić information content (AvgIpc) is 3.24. The molecule has 2 aromatic carbocycles. The molecule has 1 fully saturated rings. The van der Waals surface area contributed by atoms with Crippen molar-refractivity contribution in [3.63, 3.8) is 0 Å². The van der Waals surface area contributed by atoms with Crippen LogP contribution in [-0.4, -0.2) is 39.8 Å². The van der Waals surface area contributed by atoms with E-state index in [0.29, 0.717) is 28.5 Å². The van der Waals surface area contributed by atoms with Gasteiger partial charge < -0.3 is 10.6 Å². The third kappa shape index (κ3) is 5.15. The molecule has 0 unspecified atom stereocenters. The molecule has 3 aromatic rings. The van der Waals surface area contributed by atoms with Crippen LogP contribution < -0.4 is 10.6 Å². The Morgan fingerprint density at radius 3 is 2.50 bits per heavy atom. The van der Waals surface area contributed by atoms with Gasteiger partial charge in [-0.2, -0.15) is 0 Å². The summed E-state index contributed by atoms with van der Waals surface area (Å²) in [5.74, 6) is -0.192. The summed E-state index contributed by atoms with van der Waals surface area (Å²) >= 11 is 0. The molecule has 2 amide bonds. The van der Waals surface area contributed by atoms with Crippen molar-refractivity contribution in [3.8, 4) is 0 Å². The minimum atomic E-state index is -0.351. The van der Waals surface area contributed by atoms with Gasteiger partial charge in [-0.3, -0.25) is 14.5 Å². The minimum absolute atomic E-state index is 0.0982. The van der Waals surface area contributed by atoms with E-state index in [1.165, 1.54) is 24.3 Å². The summed E-state index contributed by atoms with van der Waals surface area (Å²) < 4.78 is 13.1. The topological polar surface area (TPSA) is 87.2 Å². The monoisotopic (exact) mass is 433 g/mol. The molecule has 164 valence electrons. The van der Waals surface area contributed by atoms with Gasteiger partial charge in [0.15, 0.2) is 0 Å². The number of carbonyl (C=O) groups excluding carboxylic acids is 2. The molecule has 1 aliphatic heterocycles. The Hall–Kier alpha value is -3.65. The maximum absolute atomic E-state index is 13.1. The summed E-state index contributed by atoms with van der Waals surface area (Å²) in [6.45, 7) is 2.71. The lowest BCUT2D eigenvalue weighted by atomic mass is 10.1. The number of nitrogens with zero attached hydrogens (tertiary/aromatic N) is 3. The maximum atomic E-state index is 13.1. The van der Waals surface area contributed by atoms with E-state index in [0.717, 1.165) is 19.4 Å². The van der Waals surface area contributed by atoms with E-state index >= 15 is 0 Å². The second kappa shape index (κ2) is 9.65. The predicted octanol–water partition coefficient (Wildman–Crippen LogP) is 3.95. The number of aryl methyl sites for hydroxylation is 1. The molecule has 4 rings (SSSR count). The Labute approximate surface area is 185 Å². The van der Waals surface area contributed by atoms with Gasteiger partial charge in [-0.1, -0.05) is 18.2 Å². The number of amides is 2. The number of halogens is 1. The van der Waals surface area contributed by atoms with E-state index in [1.54, 1.807) is 13.1 Å². The molecule has 1 aromatic heterocycles.